The summed E-state index contributed by atoms with van der Waals surface area (Å²) in [6.07, 6.45) is 3.08. The number of amides is 2. The van der Waals surface area contributed by atoms with E-state index in [0.29, 0.717) is 0 Å². The van der Waals surface area contributed by atoms with Crippen molar-refractivity contribution in [3.05, 3.63) is 24.3 Å². The fraction of sp³-hybridized carbons (Fsp3) is 0.556. The smallest absolute Gasteiger partial charge is 0.227 e. The van der Waals surface area contributed by atoms with Crippen molar-refractivity contribution < 1.29 is 14.3 Å². The topological polar surface area (TPSA) is 67.4 Å². The van der Waals surface area contributed by atoms with Crippen molar-refractivity contribution in [1.82, 2.24) is 5.32 Å². The Balaban J connectivity index is 1.82. The van der Waals surface area contributed by atoms with Gasteiger partial charge in [-0.2, -0.15) is 0 Å². The fourth-order valence-electron chi connectivity index (χ4n) is 2.94. The summed E-state index contributed by atoms with van der Waals surface area (Å²) >= 11 is 0. The van der Waals surface area contributed by atoms with Gasteiger partial charge in [-0.25, -0.2) is 0 Å². The van der Waals surface area contributed by atoms with Gasteiger partial charge in [0.05, 0.1) is 7.11 Å². The quantitative estimate of drug-likeness (QED) is 0.877. The Bertz CT molecular complexity index is 532. The summed E-state index contributed by atoms with van der Waals surface area (Å²) in [6, 6.07) is 7.47. The van der Waals surface area contributed by atoms with Crippen molar-refractivity contribution in [2.24, 2.45) is 11.8 Å². The Labute approximate surface area is 137 Å². The highest BCUT2D eigenvalue weighted by Crippen LogP contribution is 2.30. The van der Waals surface area contributed by atoms with E-state index >= 15 is 0 Å². The molecule has 2 N–H and O–H groups in total. The summed E-state index contributed by atoms with van der Waals surface area (Å²) in [6.45, 7) is 3.93. The fourth-order valence-corrected chi connectivity index (χ4v) is 2.94. The lowest BCUT2D eigenvalue weighted by atomic mass is 9.81. The monoisotopic (exact) mass is 318 g/mol. The molecule has 1 aromatic rings. The molecule has 0 saturated heterocycles. The van der Waals surface area contributed by atoms with Crippen molar-refractivity contribution in [2.45, 2.75) is 45.6 Å². The van der Waals surface area contributed by atoms with Gasteiger partial charge >= 0.3 is 0 Å². The Morgan fingerprint density at radius 1 is 1.00 bits per heavy atom. The van der Waals surface area contributed by atoms with E-state index in [1.54, 1.807) is 7.11 Å². The van der Waals surface area contributed by atoms with Gasteiger partial charge in [-0.15, -0.1) is 0 Å². The normalized spacial score (nSPS) is 20.9. The molecule has 126 valence electrons. The van der Waals surface area contributed by atoms with Gasteiger partial charge < -0.3 is 15.4 Å². The van der Waals surface area contributed by atoms with E-state index in [9.17, 15) is 9.59 Å². The summed E-state index contributed by atoms with van der Waals surface area (Å²) in [5.74, 6) is 0.953. The van der Waals surface area contributed by atoms with Crippen molar-refractivity contribution in [3.8, 4) is 5.75 Å². The van der Waals surface area contributed by atoms with Crippen molar-refractivity contribution in [1.29, 1.82) is 0 Å². The number of nitrogens with one attached hydrogen (secondary N) is 2. The van der Waals surface area contributed by atoms with Crippen molar-refractivity contribution in [2.75, 3.05) is 12.4 Å². The van der Waals surface area contributed by atoms with Crippen LogP contribution in [0.3, 0.4) is 0 Å². The third-order valence-electron chi connectivity index (χ3n) is 4.26. The van der Waals surface area contributed by atoms with Gasteiger partial charge in [0, 0.05) is 23.6 Å². The first-order valence-corrected chi connectivity index (χ1v) is 8.25. The maximum Gasteiger partial charge on any atom is 0.227 e. The summed E-state index contributed by atoms with van der Waals surface area (Å²) in [5.41, 5.74) is 0.774. The molecule has 0 unspecified atom stereocenters. The van der Waals surface area contributed by atoms with Crippen LogP contribution in [-0.2, 0) is 9.59 Å². The predicted molar refractivity (Wildman–Crippen MR) is 90.4 cm³/mol. The molecular formula is C18H26N2O3. The zero-order valence-corrected chi connectivity index (χ0v) is 14.1. The molecule has 1 fully saturated rings. The molecule has 1 aliphatic rings. The molecule has 0 aromatic heterocycles. The Morgan fingerprint density at radius 3 is 2.00 bits per heavy atom. The van der Waals surface area contributed by atoms with E-state index in [0.717, 1.165) is 37.1 Å². The molecule has 2 amide bonds. The zero-order valence-electron chi connectivity index (χ0n) is 14.1. The molecule has 0 spiro atoms. The van der Waals surface area contributed by atoms with Gasteiger partial charge in [-0.05, 0) is 63.8 Å². The number of carbonyl (C=O) groups is 2. The molecule has 0 aliphatic heterocycles. The minimum atomic E-state index is -0.0137. The van der Waals surface area contributed by atoms with E-state index in [1.165, 1.54) is 0 Å². The van der Waals surface area contributed by atoms with Crippen LogP contribution in [0.1, 0.15) is 39.5 Å². The molecule has 1 aliphatic carbocycles. The van der Waals surface area contributed by atoms with Crippen LogP contribution < -0.4 is 15.4 Å². The maximum atomic E-state index is 12.3. The zero-order chi connectivity index (χ0) is 16.8. The largest absolute Gasteiger partial charge is 0.497 e. The van der Waals surface area contributed by atoms with Crippen LogP contribution in [0.5, 0.6) is 5.75 Å². The van der Waals surface area contributed by atoms with Crippen molar-refractivity contribution in [3.63, 3.8) is 0 Å². The van der Waals surface area contributed by atoms with Crippen LogP contribution in [-0.4, -0.2) is 25.0 Å². The van der Waals surface area contributed by atoms with E-state index < -0.39 is 0 Å². The Kier molecular flexibility index (Phi) is 6.02. The van der Waals surface area contributed by atoms with E-state index in [4.69, 9.17) is 4.74 Å². The molecule has 5 heteroatoms. The van der Waals surface area contributed by atoms with Gasteiger partial charge in [0.1, 0.15) is 5.75 Å². The van der Waals surface area contributed by atoms with Gasteiger partial charge in [-0.1, -0.05) is 0 Å². The molecule has 2 rings (SSSR count). The first-order valence-electron chi connectivity index (χ1n) is 8.25. The van der Waals surface area contributed by atoms with E-state index in [1.807, 2.05) is 38.1 Å². The molecular weight excluding hydrogens is 292 g/mol. The van der Waals surface area contributed by atoms with Crippen LogP contribution in [0.2, 0.25) is 0 Å². The molecule has 0 bridgehead atoms. The lowest BCUT2D eigenvalue weighted by Gasteiger charge is -2.27. The standard InChI is InChI=1S/C18H26N2O3/c1-12(2)19-17(21)13-4-6-14(7-5-13)18(22)20-15-8-10-16(23-3)11-9-15/h8-14H,4-7H2,1-3H3,(H,19,21)(H,20,22). The molecule has 0 heterocycles. The van der Waals surface area contributed by atoms with Crippen LogP contribution in [0.25, 0.3) is 0 Å². The second kappa shape index (κ2) is 7.99. The first kappa shape index (κ1) is 17.3. The summed E-state index contributed by atoms with van der Waals surface area (Å²) in [7, 11) is 1.61. The molecule has 1 aromatic carbocycles. The van der Waals surface area contributed by atoms with E-state index in [-0.39, 0.29) is 29.7 Å². The van der Waals surface area contributed by atoms with Crippen LogP contribution >= 0.6 is 0 Å². The summed E-state index contributed by atoms with van der Waals surface area (Å²) < 4.78 is 5.10. The Morgan fingerprint density at radius 2 is 1.52 bits per heavy atom. The Hall–Kier alpha value is -2.04. The number of hydrogen-bond acceptors (Lipinski definition) is 3. The second-order valence-electron chi connectivity index (χ2n) is 6.43. The SMILES string of the molecule is COc1ccc(NC(=O)C2CCC(C(=O)NC(C)C)CC2)cc1. The highest BCUT2D eigenvalue weighted by atomic mass is 16.5. The average Bonchev–Trinajstić information content (AvgIpc) is 2.55. The maximum absolute atomic E-state index is 12.3. The number of ether oxygens (including phenoxy) is 1. The minimum absolute atomic E-state index is 0.0137. The van der Waals surface area contributed by atoms with Gasteiger partial charge in [0.25, 0.3) is 0 Å². The van der Waals surface area contributed by atoms with Crippen molar-refractivity contribution >= 4 is 17.5 Å². The number of methoxy groups -OCH3 is 1. The molecule has 0 radical (unpaired) electrons. The highest BCUT2D eigenvalue weighted by molar-refractivity contribution is 5.92. The van der Waals surface area contributed by atoms with Gasteiger partial charge in [0.15, 0.2) is 0 Å². The average molecular weight is 318 g/mol. The number of benzene rings is 1. The predicted octanol–water partition coefficient (Wildman–Crippen LogP) is 2.96. The van der Waals surface area contributed by atoms with Crippen LogP contribution in [0.4, 0.5) is 5.69 Å². The summed E-state index contributed by atoms with van der Waals surface area (Å²) in [4.78, 5) is 24.3. The minimum Gasteiger partial charge on any atom is -0.497 e. The number of anilines is 1. The lowest BCUT2D eigenvalue weighted by Crippen LogP contribution is -2.38. The highest BCUT2D eigenvalue weighted by Gasteiger charge is 2.30. The number of carbonyl (C=O) groups excluding carboxylic acids is 2. The molecule has 1 saturated carbocycles. The lowest BCUT2D eigenvalue weighted by molar-refractivity contribution is -0.128. The number of hydrogen-bond donors (Lipinski definition) is 2. The third kappa shape index (κ3) is 4.98. The van der Waals surface area contributed by atoms with E-state index in [2.05, 4.69) is 10.6 Å². The second-order valence-corrected chi connectivity index (χ2v) is 6.43. The summed E-state index contributed by atoms with van der Waals surface area (Å²) in [5, 5.41) is 5.90. The van der Waals surface area contributed by atoms with Crippen LogP contribution in [0.15, 0.2) is 24.3 Å². The number of rotatable bonds is 5. The van der Waals surface area contributed by atoms with Crippen LogP contribution in [0, 0.1) is 11.8 Å². The first-order chi connectivity index (χ1) is 11.0. The molecule has 23 heavy (non-hydrogen) atoms. The van der Waals surface area contributed by atoms with Gasteiger partial charge in [0.2, 0.25) is 11.8 Å². The molecule has 0 atom stereocenters. The van der Waals surface area contributed by atoms with Gasteiger partial charge in [-0.3, -0.25) is 9.59 Å². The molecule has 5 nitrogen and oxygen atoms in total. The third-order valence-corrected chi connectivity index (χ3v) is 4.26.